The number of hydrogen-bond acceptors (Lipinski definition) is 1. The van der Waals surface area contributed by atoms with Crippen molar-refractivity contribution < 1.29 is 0 Å². The van der Waals surface area contributed by atoms with Gasteiger partial charge in [0.15, 0.2) is 0 Å². The third kappa shape index (κ3) is 2.14. The molecule has 0 radical (unpaired) electrons. The largest absolute Gasteiger partial charge is 0.297 e. The normalized spacial score (nSPS) is 27.5. The highest BCUT2D eigenvalue weighted by Crippen LogP contribution is 2.42. The monoisotopic (exact) mass is 199 g/mol. The van der Waals surface area contributed by atoms with E-state index in [-0.39, 0.29) is 11.5 Å². The maximum Gasteiger partial charge on any atom is 0.0595 e. The van der Waals surface area contributed by atoms with Gasteiger partial charge in [-0.1, -0.05) is 37.9 Å². The molecule has 13 heavy (non-hydrogen) atoms. The summed E-state index contributed by atoms with van der Waals surface area (Å²) in [6.45, 7) is 10.3. The lowest BCUT2D eigenvalue weighted by molar-refractivity contribution is 0.268. The number of aliphatic imine (C=N–C) groups is 1. The first kappa shape index (κ1) is 10.8. The van der Waals surface area contributed by atoms with Crippen LogP contribution >= 0.6 is 11.6 Å². The number of nitrogens with zero attached hydrogens (tertiary/aromatic N) is 1. The Morgan fingerprint density at radius 2 is 2.23 bits per heavy atom. The minimum absolute atomic E-state index is 0.228. The van der Waals surface area contributed by atoms with Crippen LogP contribution in [0.5, 0.6) is 0 Å². The molecule has 1 aliphatic carbocycles. The Kier molecular flexibility index (Phi) is 3.18. The third-order valence-electron chi connectivity index (χ3n) is 2.97. The maximum atomic E-state index is 6.18. The summed E-state index contributed by atoms with van der Waals surface area (Å²) in [6, 6.07) is 0.287. The van der Waals surface area contributed by atoms with Crippen LogP contribution in [-0.4, -0.2) is 12.8 Å². The first-order chi connectivity index (χ1) is 6.01. The minimum atomic E-state index is 0.228. The van der Waals surface area contributed by atoms with Crippen LogP contribution in [0, 0.1) is 5.41 Å². The van der Waals surface area contributed by atoms with Gasteiger partial charge < -0.3 is 0 Å². The summed E-state index contributed by atoms with van der Waals surface area (Å²) in [4.78, 5) is 4.15. The maximum absolute atomic E-state index is 6.18. The van der Waals surface area contributed by atoms with E-state index in [0.717, 1.165) is 24.3 Å². The van der Waals surface area contributed by atoms with Crippen molar-refractivity contribution in [3.05, 3.63) is 10.6 Å². The van der Waals surface area contributed by atoms with Gasteiger partial charge in [-0.25, -0.2) is 0 Å². The van der Waals surface area contributed by atoms with Crippen molar-refractivity contribution >= 4 is 18.3 Å². The molecule has 1 rings (SSSR count). The van der Waals surface area contributed by atoms with Crippen LogP contribution in [0.4, 0.5) is 0 Å². The van der Waals surface area contributed by atoms with Gasteiger partial charge in [-0.05, 0) is 25.0 Å². The summed E-state index contributed by atoms with van der Waals surface area (Å²) in [5, 5.41) is 1.01. The predicted molar refractivity (Wildman–Crippen MR) is 59.5 cm³/mol. The average Bonchev–Trinajstić information content (AvgIpc) is 2.08. The van der Waals surface area contributed by atoms with E-state index >= 15 is 0 Å². The van der Waals surface area contributed by atoms with E-state index in [0.29, 0.717) is 0 Å². The van der Waals surface area contributed by atoms with Gasteiger partial charge in [0.25, 0.3) is 0 Å². The first-order valence-electron chi connectivity index (χ1n) is 4.83. The number of rotatable bonds is 2. The summed E-state index contributed by atoms with van der Waals surface area (Å²) < 4.78 is 0. The van der Waals surface area contributed by atoms with Gasteiger partial charge in [-0.15, -0.1) is 0 Å². The molecule has 1 nitrogen and oxygen atoms in total. The minimum Gasteiger partial charge on any atom is -0.297 e. The lowest BCUT2D eigenvalue weighted by Gasteiger charge is -2.37. The predicted octanol–water partition coefficient (Wildman–Crippen LogP) is 3.78. The Bertz CT molecular complexity index is 240. The Morgan fingerprint density at radius 3 is 2.69 bits per heavy atom. The Morgan fingerprint density at radius 1 is 1.62 bits per heavy atom. The molecule has 0 bridgehead atoms. The fourth-order valence-corrected chi connectivity index (χ4v) is 2.33. The van der Waals surface area contributed by atoms with Crippen LogP contribution in [0.1, 0.15) is 40.0 Å². The molecule has 0 heterocycles. The van der Waals surface area contributed by atoms with Gasteiger partial charge in [0.05, 0.1) is 6.04 Å². The second kappa shape index (κ2) is 3.83. The van der Waals surface area contributed by atoms with Gasteiger partial charge in [-0.2, -0.15) is 0 Å². The third-order valence-corrected chi connectivity index (χ3v) is 3.40. The average molecular weight is 200 g/mol. The first-order valence-corrected chi connectivity index (χ1v) is 5.21. The molecule has 0 fully saturated rings. The molecule has 0 amide bonds. The molecule has 0 N–H and O–H groups in total. The molecule has 0 spiro atoms. The highest BCUT2D eigenvalue weighted by Gasteiger charge is 2.34. The molecular formula is C11H18ClN. The van der Waals surface area contributed by atoms with E-state index in [1.165, 1.54) is 5.57 Å². The van der Waals surface area contributed by atoms with Crippen molar-refractivity contribution in [3.8, 4) is 0 Å². The van der Waals surface area contributed by atoms with Crippen LogP contribution in [0.25, 0.3) is 0 Å². The van der Waals surface area contributed by atoms with Crippen LogP contribution in [-0.2, 0) is 0 Å². The van der Waals surface area contributed by atoms with Gasteiger partial charge in [0.1, 0.15) is 0 Å². The van der Waals surface area contributed by atoms with Gasteiger partial charge in [0, 0.05) is 11.5 Å². The van der Waals surface area contributed by atoms with E-state index < -0.39 is 0 Å². The van der Waals surface area contributed by atoms with Gasteiger partial charge in [0.2, 0.25) is 0 Å². The van der Waals surface area contributed by atoms with E-state index in [1.807, 2.05) is 0 Å². The molecule has 0 aromatic carbocycles. The molecule has 74 valence electrons. The molecule has 1 atom stereocenters. The Balaban J connectivity index is 2.91. The molecule has 1 aliphatic rings. The van der Waals surface area contributed by atoms with Gasteiger partial charge >= 0.3 is 0 Å². The van der Waals surface area contributed by atoms with Crippen molar-refractivity contribution in [1.82, 2.24) is 0 Å². The molecule has 0 aromatic heterocycles. The number of halogens is 1. The lowest BCUT2D eigenvalue weighted by Crippen LogP contribution is -2.31. The zero-order valence-electron chi connectivity index (χ0n) is 8.73. The number of allylic oxidation sites excluding steroid dienone is 1. The number of hydrogen-bond donors (Lipinski definition) is 0. The second-order valence-electron chi connectivity index (χ2n) is 4.43. The zero-order valence-corrected chi connectivity index (χ0v) is 9.49. The van der Waals surface area contributed by atoms with Crippen molar-refractivity contribution in [3.63, 3.8) is 0 Å². The second-order valence-corrected chi connectivity index (χ2v) is 4.89. The van der Waals surface area contributed by atoms with Gasteiger partial charge in [-0.3, -0.25) is 4.99 Å². The molecule has 0 aliphatic heterocycles. The lowest BCUT2D eigenvalue weighted by atomic mass is 9.73. The Hall–Kier alpha value is -0.300. The van der Waals surface area contributed by atoms with E-state index in [9.17, 15) is 0 Å². The van der Waals surface area contributed by atoms with Crippen molar-refractivity contribution in [2.24, 2.45) is 10.4 Å². The molecular weight excluding hydrogens is 182 g/mol. The Labute approximate surface area is 85.9 Å². The molecule has 0 saturated heterocycles. The van der Waals surface area contributed by atoms with Crippen LogP contribution in [0.15, 0.2) is 15.6 Å². The standard InChI is InChI=1S/C11H18ClN/c1-5-8-7-11(2,3)10(13-4)6-9(8)12/h10H,4-7H2,1-3H3. The van der Waals surface area contributed by atoms with Crippen molar-refractivity contribution in [1.29, 1.82) is 0 Å². The molecule has 1 unspecified atom stereocenters. The summed E-state index contributed by atoms with van der Waals surface area (Å²) in [6.07, 6.45) is 3.00. The molecule has 0 aromatic rings. The van der Waals surface area contributed by atoms with Crippen LogP contribution in [0.3, 0.4) is 0 Å². The fourth-order valence-electron chi connectivity index (χ4n) is 1.98. The van der Waals surface area contributed by atoms with Crippen molar-refractivity contribution in [2.75, 3.05) is 0 Å². The quantitative estimate of drug-likeness (QED) is 0.601. The summed E-state index contributed by atoms with van der Waals surface area (Å²) in [5.74, 6) is 0. The zero-order chi connectivity index (χ0) is 10.1. The summed E-state index contributed by atoms with van der Waals surface area (Å²) in [5.41, 5.74) is 1.62. The smallest absolute Gasteiger partial charge is 0.0595 e. The van der Waals surface area contributed by atoms with Crippen molar-refractivity contribution in [2.45, 2.75) is 46.1 Å². The highest BCUT2D eigenvalue weighted by molar-refractivity contribution is 6.30. The van der Waals surface area contributed by atoms with Crippen LogP contribution < -0.4 is 0 Å². The van der Waals surface area contributed by atoms with E-state index in [1.54, 1.807) is 0 Å². The molecule has 2 heteroatoms. The molecule has 0 saturated carbocycles. The van der Waals surface area contributed by atoms with E-state index in [4.69, 9.17) is 11.6 Å². The fraction of sp³-hybridized carbons (Fsp3) is 0.727. The highest BCUT2D eigenvalue weighted by atomic mass is 35.5. The SMILES string of the molecule is C=NC1CC(Cl)=C(CC)CC1(C)C. The topological polar surface area (TPSA) is 12.4 Å². The van der Waals surface area contributed by atoms with E-state index in [2.05, 4.69) is 32.5 Å². The summed E-state index contributed by atoms with van der Waals surface area (Å²) in [7, 11) is 0. The summed E-state index contributed by atoms with van der Waals surface area (Å²) >= 11 is 6.18. The van der Waals surface area contributed by atoms with Crippen LogP contribution in [0.2, 0.25) is 0 Å².